The van der Waals surface area contributed by atoms with E-state index in [9.17, 15) is 0 Å². The van der Waals surface area contributed by atoms with Crippen molar-refractivity contribution in [2.45, 2.75) is 18.6 Å². The first-order chi connectivity index (χ1) is 4.73. The second kappa shape index (κ2) is 2.86. The number of hydrogen-bond acceptors (Lipinski definition) is 3. The van der Waals surface area contributed by atoms with Gasteiger partial charge in [-0.25, -0.2) is 0 Å². The number of epoxide rings is 1. The molecule has 3 heteroatoms. The molecule has 0 aromatic rings. The zero-order valence-corrected chi connectivity index (χ0v) is 6.90. The van der Waals surface area contributed by atoms with Gasteiger partial charge in [0.25, 0.3) is 0 Å². The van der Waals surface area contributed by atoms with E-state index in [-0.39, 0.29) is 5.60 Å². The molecular formula is C7H16N2O. The highest BCUT2D eigenvalue weighted by molar-refractivity contribution is 5.01. The fraction of sp³-hybridized carbons (Fsp3) is 1.00. The largest absolute Gasteiger partial charge is 0.364 e. The molecule has 2 atom stereocenters. The molecule has 0 bridgehead atoms. The third-order valence-electron chi connectivity index (χ3n) is 1.95. The fourth-order valence-electron chi connectivity index (χ4n) is 1.24. The average molecular weight is 144 g/mol. The van der Waals surface area contributed by atoms with Crippen molar-refractivity contribution < 1.29 is 4.74 Å². The maximum Gasteiger partial charge on any atom is 0.106 e. The molecule has 0 aromatic heterocycles. The summed E-state index contributed by atoms with van der Waals surface area (Å²) >= 11 is 0. The average Bonchev–Trinajstić information content (AvgIpc) is 2.44. The van der Waals surface area contributed by atoms with E-state index in [1.54, 1.807) is 0 Å². The first-order valence-corrected chi connectivity index (χ1v) is 3.70. The maximum absolute atomic E-state index is 5.46. The summed E-state index contributed by atoms with van der Waals surface area (Å²) in [6.07, 6.45) is 0.407. The quantitative estimate of drug-likeness (QED) is 0.526. The van der Waals surface area contributed by atoms with E-state index < -0.39 is 0 Å². The van der Waals surface area contributed by atoms with Gasteiger partial charge in [-0.05, 0) is 21.0 Å². The molecule has 0 aromatic carbocycles. The Hall–Kier alpha value is -0.120. The van der Waals surface area contributed by atoms with Crippen molar-refractivity contribution in [3.63, 3.8) is 0 Å². The molecule has 60 valence electrons. The number of ether oxygens (including phenoxy) is 1. The summed E-state index contributed by atoms with van der Waals surface area (Å²) in [5.41, 5.74) is 0.0950. The molecule has 2 N–H and O–H groups in total. The Morgan fingerprint density at radius 3 is 2.60 bits per heavy atom. The lowest BCUT2D eigenvalue weighted by atomic mass is 10.1. The zero-order chi connectivity index (χ0) is 7.61. The highest BCUT2D eigenvalue weighted by atomic mass is 16.6. The van der Waals surface area contributed by atoms with Crippen LogP contribution in [0.2, 0.25) is 0 Å². The lowest BCUT2D eigenvalue weighted by Gasteiger charge is -2.03. The molecular weight excluding hydrogens is 128 g/mol. The van der Waals surface area contributed by atoms with Crippen LogP contribution in [-0.4, -0.2) is 38.9 Å². The van der Waals surface area contributed by atoms with E-state index in [1.807, 2.05) is 14.1 Å². The Balaban J connectivity index is 2.19. The summed E-state index contributed by atoms with van der Waals surface area (Å²) in [4.78, 5) is 0. The van der Waals surface area contributed by atoms with Crippen molar-refractivity contribution >= 4 is 0 Å². The van der Waals surface area contributed by atoms with Crippen LogP contribution in [0.3, 0.4) is 0 Å². The van der Waals surface area contributed by atoms with Gasteiger partial charge in [-0.1, -0.05) is 0 Å². The van der Waals surface area contributed by atoms with Gasteiger partial charge in [0.15, 0.2) is 0 Å². The predicted molar refractivity (Wildman–Crippen MR) is 41.1 cm³/mol. The van der Waals surface area contributed by atoms with Gasteiger partial charge in [0.1, 0.15) is 11.7 Å². The summed E-state index contributed by atoms with van der Waals surface area (Å²) < 4.78 is 5.46. The molecule has 0 radical (unpaired) electrons. The van der Waals surface area contributed by atoms with Gasteiger partial charge in [-0.15, -0.1) is 0 Å². The molecule has 10 heavy (non-hydrogen) atoms. The highest BCUT2D eigenvalue weighted by Crippen LogP contribution is 2.34. The van der Waals surface area contributed by atoms with E-state index in [0.29, 0.717) is 6.10 Å². The van der Waals surface area contributed by atoms with Gasteiger partial charge < -0.3 is 15.4 Å². The normalized spacial score (nSPS) is 38.1. The van der Waals surface area contributed by atoms with Crippen LogP contribution in [0, 0.1) is 0 Å². The zero-order valence-electron chi connectivity index (χ0n) is 6.90. The van der Waals surface area contributed by atoms with Crippen molar-refractivity contribution in [3.05, 3.63) is 0 Å². The van der Waals surface area contributed by atoms with E-state index in [2.05, 4.69) is 17.6 Å². The second-order valence-electron chi connectivity index (χ2n) is 3.01. The minimum Gasteiger partial charge on any atom is -0.364 e. The van der Waals surface area contributed by atoms with Gasteiger partial charge in [-0.3, -0.25) is 0 Å². The summed E-state index contributed by atoms with van der Waals surface area (Å²) in [6, 6.07) is 0. The number of likely N-dealkylation sites (N-methyl/N-ethyl adjacent to an activating group) is 2. The van der Waals surface area contributed by atoms with E-state index in [1.165, 1.54) is 0 Å². The Morgan fingerprint density at radius 2 is 2.10 bits per heavy atom. The van der Waals surface area contributed by atoms with Gasteiger partial charge >= 0.3 is 0 Å². The number of rotatable bonds is 4. The topological polar surface area (TPSA) is 36.6 Å². The number of hydrogen-bond donors (Lipinski definition) is 2. The molecule has 1 saturated heterocycles. The van der Waals surface area contributed by atoms with Crippen molar-refractivity contribution in [3.8, 4) is 0 Å². The van der Waals surface area contributed by atoms with Crippen molar-refractivity contribution in [2.75, 3.05) is 27.2 Å². The monoisotopic (exact) mass is 144 g/mol. The lowest BCUT2D eigenvalue weighted by molar-refractivity contribution is 0.303. The summed E-state index contributed by atoms with van der Waals surface area (Å²) in [5.74, 6) is 0. The van der Waals surface area contributed by atoms with Crippen molar-refractivity contribution in [2.24, 2.45) is 0 Å². The first kappa shape index (κ1) is 7.98. The molecule has 1 heterocycles. The summed E-state index contributed by atoms with van der Waals surface area (Å²) in [5, 5.41) is 6.20. The minimum absolute atomic E-state index is 0.0950. The second-order valence-corrected chi connectivity index (χ2v) is 3.01. The van der Waals surface area contributed by atoms with Crippen LogP contribution in [-0.2, 0) is 4.74 Å². The first-order valence-electron chi connectivity index (χ1n) is 3.70. The van der Waals surface area contributed by atoms with E-state index >= 15 is 0 Å². The van der Waals surface area contributed by atoms with E-state index in [0.717, 1.165) is 13.1 Å². The molecule has 1 aliphatic heterocycles. The highest BCUT2D eigenvalue weighted by Gasteiger charge is 2.50. The number of nitrogens with one attached hydrogen (secondary N) is 2. The van der Waals surface area contributed by atoms with Crippen LogP contribution in [0.5, 0.6) is 0 Å². The van der Waals surface area contributed by atoms with Crippen LogP contribution in [0.25, 0.3) is 0 Å². The van der Waals surface area contributed by atoms with Crippen LogP contribution in [0.1, 0.15) is 6.92 Å². The third kappa shape index (κ3) is 1.48. The standard InChI is InChI=1S/C7H16N2O/c1-7(5-9-3)6(10-7)4-8-2/h6,8-9H,4-5H2,1-3H3. The SMILES string of the molecule is CNCC1OC1(C)CNC. The van der Waals surface area contributed by atoms with Crippen LogP contribution >= 0.6 is 0 Å². The van der Waals surface area contributed by atoms with Crippen molar-refractivity contribution in [1.29, 1.82) is 0 Å². The minimum atomic E-state index is 0.0950. The molecule has 1 rings (SSSR count). The van der Waals surface area contributed by atoms with Gasteiger partial charge in [0, 0.05) is 13.1 Å². The molecule has 1 aliphatic rings. The third-order valence-corrected chi connectivity index (χ3v) is 1.95. The Labute approximate surface area is 62.1 Å². The van der Waals surface area contributed by atoms with Crippen molar-refractivity contribution in [1.82, 2.24) is 10.6 Å². The molecule has 2 unspecified atom stereocenters. The smallest absolute Gasteiger partial charge is 0.106 e. The lowest BCUT2D eigenvalue weighted by Crippen LogP contribution is -2.29. The van der Waals surface area contributed by atoms with Crippen LogP contribution in [0.15, 0.2) is 0 Å². The molecule has 1 fully saturated rings. The summed E-state index contributed by atoms with van der Waals surface area (Å²) in [6.45, 7) is 4.03. The van der Waals surface area contributed by atoms with E-state index in [4.69, 9.17) is 4.74 Å². The summed E-state index contributed by atoms with van der Waals surface area (Å²) in [7, 11) is 3.89. The molecule has 0 spiro atoms. The molecule has 0 aliphatic carbocycles. The van der Waals surface area contributed by atoms with Gasteiger partial charge in [-0.2, -0.15) is 0 Å². The molecule has 0 saturated carbocycles. The van der Waals surface area contributed by atoms with Crippen LogP contribution in [0.4, 0.5) is 0 Å². The van der Waals surface area contributed by atoms with Crippen LogP contribution < -0.4 is 10.6 Å². The fourth-order valence-corrected chi connectivity index (χ4v) is 1.24. The van der Waals surface area contributed by atoms with Gasteiger partial charge in [0.05, 0.1) is 0 Å². The Bertz CT molecular complexity index is 118. The molecule has 3 nitrogen and oxygen atoms in total. The Morgan fingerprint density at radius 1 is 1.40 bits per heavy atom. The van der Waals surface area contributed by atoms with Gasteiger partial charge in [0.2, 0.25) is 0 Å². The maximum atomic E-state index is 5.46. The molecule has 0 amide bonds. The Kier molecular flexibility index (Phi) is 2.28. The predicted octanol–water partition coefficient (Wildman–Crippen LogP) is -0.417.